The van der Waals surface area contributed by atoms with Crippen LogP contribution in [0.3, 0.4) is 0 Å². The van der Waals surface area contributed by atoms with Gasteiger partial charge >= 0.3 is 0 Å². The molecule has 1 heterocycles. The first-order valence-corrected chi connectivity index (χ1v) is 7.10. The van der Waals surface area contributed by atoms with Gasteiger partial charge in [-0.15, -0.1) is 0 Å². The van der Waals surface area contributed by atoms with Crippen molar-refractivity contribution in [1.82, 2.24) is 10.3 Å². The summed E-state index contributed by atoms with van der Waals surface area (Å²) in [6, 6.07) is 10.9. The van der Waals surface area contributed by atoms with Gasteiger partial charge in [0, 0.05) is 17.8 Å². The third-order valence-electron chi connectivity index (χ3n) is 2.85. The molecule has 2 aromatic rings. The average molecular weight is 305 g/mol. The quantitative estimate of drug-likeness (QED) is 0.862. The minimum Gasteiger partial charge on any atom is -0.494 e. The predicted molar refractivity (Wildman–Crippen MR) is 82.8 cm³/mol. The van der Waals surface area contributed by atoms with Crippen LogP contribution in [0.4, 0.5) is 0 Å². The zero-order valence-electron chi connectivity index (χ0n) is 12.0. The lowest BCUT2D eigenvalue weighted by atomic mass is 10.2. The van der Waals surface area contributed by atoms with E-state index in [1.54, 1.807) is 19.1 Å². The number of rotatable bonds is 5. The Morgan fingerprint density at radius 2 is 2.14 bits per heavy atom. The van der Waals surface area contributed by atoms with Crippen molar-refractivity contribution < 1.29 is 9.53 Å². The fraction of sp³-hybridized carbons (Fsp3) is 0.250. The molecular weight excluding hydrogens is 288 g/mol. The minimum absolute atomic E-state index is 0.177. The maximum atomic E-state index is 12.1. The first kappa shape index (κ1) is 15.3. The number of halogens is 1. The lowest BCUT2D eigenvalue weighted by molar-refractivity contribution is 0.0950. The van der Waals surface area contributed by atoms with E-state index in [4.69, 9.17) is 16.3 Å². The summed E-state index contributed by atoms with van der Waals surface area (Å²) in [7, 11) is 0. The number of hydrogen-bond donors (Lipinski definition) is 1. The third kappa shape index (κ3) is 4.46. The van der Waals surface area contributed by atoms with E-state index in [1.807, 2.05) is 31.2 Å². The Hall–Kier alpha value is -2.07. The monoisotopic (exact) mass is 304 g/mol. The summed E-state index contributed by atoms with van der Waals surface area (Å²) >= 11 is 5.86. The second-order valence-corrected chi connectivity index (χ2v) is 4.97. The molecule has 1 aromatic heterocycles. The number of pyridine rings is 1. The summed E-state index contributed by atoms with van der Waals surface area (Å²) in [5.41, 5.74) is 2.20. The highest BCUT2D eigenvalue weighted by molar-refractivity contribution is 6.29. The fourth-order valence-electron chi connectivity index (χ4n) is 1.96. The highest BCUT2D eigenvalue weighted by Crippen LogP contribution is 2.14. The SMILES string of the molecule is CCOc1cccc(CNC(=O)c2cc(C)nc(Cl)c2)c1. The number of hydrogen-bond acceptors (Lipinski definition) is 3. The molecule has 0 aliphatic rings. The van der Waals surface area contributed by atoms with Crippen molar-refractivity contribution in [2.24, 2.45) is 0 Å². The largest absolute Gasteiger partial charge is 0.494 e. The Kier molecular flexibility index (Phi) is 5.17. The number of carbonyl (C=O) groups excluding carboxylic acids is 1. The zero-order chi connectivity index (χ0) is 15.2. The molecule has 1 amide bonds. The van der Waals surface area contributed by atoms with E-state index < -0.39 is 0 Å². The third-order valence-corrected chi connectivity index (χ3v) is 3.04. The molecule has 0 aliphatic carbocycles. The number of nitrogens with zero attached hydrogens (tertiary/aromatic N) is 1. The molecule has 0 unspecified atom stereocenters. The highest BCUT2D eigenvalue weighted by Gasteiger charge is 2.08. The van der Waals surface area contributed by atoms with E-state index in [1.165, 1.54) is 0 Å². The number of nitrogens with one attached hydrogen (secondary N) is 1. The van der Waals surface area contributed by atoms with Gasteiger partial charge in [-0.25, -0.2) is 4.98 Å². The molecule has 0 fully saturated rings. The van der Waals surface area contributed by atoms with Gasteiger partial charge in [-0.1, -0.05) is 23.7 Å². The summed E-state index contributed by atoms with van der Waals surface area (Å²) in [5.74, 6) is 0.622. The Balaban J connectivity index is 2.02. The second kappa shape index (κ2) is 7.09. The molecule has 1 aromatic carbocycles. The van der Waals surface area contributed by atoms with Crippen molar-refractivity contribution in [2.45, 2.75) is 20.4 Å². The number of aromatic nitrogens is 1. The summed E-state index contributed by atoms with van der Waals surface area (Å²) < 4.78 is 5.43. The molecule has 0 saturated heterocycles. The Bertz CT molecular complexity index is 624. The van der Waals surface area contributed by atoms with Crippen LogP contribution in [0.1, 0.15) is 28.5 Å². The molecule has 0 spiro atoms. The highest BCUT2D eigenvalue weighted by atomic mass is 35.5. The number of ether oxygens (including phenoxy) is 1. The van der Waals surface area contributed by atoms with Gasteiger partial charge in [0.15, 0.2) is 0 Å². The van der Waals surface area contributed by atoms with Crippen molar-refractivity contribution in [1.29, 1.82) is 0 Å². The summed E-state index contributed by atoms with van der Waals surface area (Å²) in [4.78, 5) is 16.1. The number of aryl methyl sites for hydroxylation is 1. The first-order valence-electron chi connectivity index (χ1n) is 6.72. The van der Waals surface area contributed by atoms with Crippen LogP contribution in [-0.2, 0) is 6.54 Å². The Morgan fingerprint density at radius 3 is 2.86 bits per heavy atom. The van der Waals surface area contributed by atoms with E-state index in [9.17, 15) is 4.79 Å². The standard InChI is InChI=1S/C16H17ClN2O2/c1-3-21-14-6-4-5-12(8-14)10-18-16(20)13-7-11(2)19-15(17)9-13/h4-9H,3,10H2,1-2H3,(H,18,20). The molecule has 4 nitrogen and oxygen atoms in total. The molecule has 0 saturated carbocycles. The molecule has 21 heavy (non-hydrogen) atoms. The van der Waals surface area contributed by atoms with Crippen molar-refractivity contribution in [2.75, 3.05) is 6.61 Å². The van der Waals surface area contributed by atoms with E-state index in [-0.39, 0.29) is 5.91 Å². The summed E-state index contributed by atoms with van der Waals surface area (Å²) in [6.07, 6.45) is 0. The molecule has 0 bridgehead atoms. The van der Waals surface area contributed by atoms with Gasteiger partial charge in [0.2, 0.25) is 0 Å². The maximum absolute atomic E-state index is 12.1. The van der Waals surface area contributed by atoms with Gasteiger partial charge in [0.05, 0.1) is 6.61 Å². The van der Waals surface area contributed by atoms with Crippen LogP contribution in [0.15, 0.2) is 36.4 Å². The van der Waals surface area contributed by atoms with E-state index in [0.717, 1.165) is 11.3 Å². The summed E-state index contributed by atoms with van der Waals surface area (Å²) in [6.45, 7) is 4.78. The van der Waals surface area contributed by atoms with Crippen LogP contribution in [0.5, 0.6) is 5.75 Å². The Morgan fingerprint density at radius 1 is 1.33 bits per heavy atom. The topological polar surface area (TPSA) is 51.2 Å². The van der Waals surface area contributed by atoms with Gasteiger partial charge in [0.25, 0.3) is 5.91 Å². The van der Waals surface area contributed by atoms with E-state index in [0.29, 0.717) is 29.6 Å². The van der Waals surface area contributed by atoms with Gasteiger partial charge in [-0.2, -0.15) is 0 Å². The molecule has 5 heteroatoms. The summed E-state index contributed by atoms with van der Waals surface area (Å²) in [5, 5.41) is 3.18. The fourth-order valence-corrected chi connectivity index (χ4v) is 2.21. The molecule has 1 N–H and O–H groups in total. The second-order valence-electron chi connectivity index (χ2n) is 4.58. The number of benzene rings is 1. The maximum Gasteiger partial charge on any atom is 0.251 e. The van der Waals surface area contributed by atoms with E-state index in [2.05, 4.69) is 10.3 Å². The normalized spacial score (nSPS) is 10.2. The van der Waals surface area contributed by atoms with Crippen LogP contribution in [-0.4, -0.2) is 17.5 Å². The van der Waals surface area contributed by atoms with Gasteiger partial charge in [-0.05, 0) is 43.7 Å². The molecule has 0 aliphatic heterocycles. The lowest BCUT2D eigenvalue weighted by Crippen LogP contribution is -2.23. The van der Waals surface area contributed by atoms with Crippen LogP contribution >= 0.6 is 11.6 Å². The van der Waals surface area contributed by atoms with E-state index >= 15 is 0 Å². The Labute approximate surface area is 129 Å². The van der Waals surface area contributed by atoms with Gasteiger partial charge in [-0.3, -0.25) is 4.79 Å². The van der Waals surface area contributed by atoms with Crippen LogP contribution < -0.4 is 10.1 Å². The minimum atomic E-state index is -0.177. The molecule has 110 valence electrons. The molecule has 2 rings (SSSR count). The van der Waals surface area contributed by atoms with Crippen LogP contribution in [0, 0.1) is 6.92 Å². The first-order chi connectivity index (χ1) is 10.1. The predicted octanol–water partition coefficient (Wildman–Crippen LogP) is 3.37. The van der Waals surface area contributed by atoms with Gasteiger partial charge in [0.1, 0.15) is 10.9 Å². The van der Waals surface area contributed by atoms with Crippen molar-refractivity contribution in [3.63, 3.8) is 0 Å². The zero-order valence-corrected chi connectivity index (χ0v) is 12.8. The van der Waals surface area contributed by atoms with Crippen molar-refractivity contribution >= 4 is 17.5 Å². The number of amides is 1. The smallest absolute Gasteiger partial charge is 0.251 e. The van der Waals surface area contributed by atoms with Gasteiger partial charge < -0.3 is 10.1 Å². The molecule has 0 atom stereocenters. The number of carbonyl (C=O) groups is 1. The van der Waals surface area contributed by atoms with Crippen molar-refractivity contribution in [3.05, 3.63) is 58.4 Å². The van der Waals surface area contributed by atoms with Crippen molar-refractivity contribution in [3.8, 4) is 5.75 Å². The van der Waals surface area contributed by atoms with Crippen LogP contribution in [0.2, 0.25) is 5.15 Å². The lowest BCUT2D eigenvalue weighted by Gasteiger charge is -2.08. The van der Waals surface area contributed by atoms with Crippen LogP contribution in [0.25, 0.3) is 0 Å². The molecular formula is C16H17ClN2O2. The average Bonchev–Trinajstić information content (AvgIpc) is 2.44. The molecule has 0 radical (unpaired) electrons.